The molecule has 3 aromatic heterocycles. The number of furan rings is 1. The highest BCUT2D eigenvalue weighted by Crippen LogP contribution is 2.31. The number of hydrogen-bond donors (Lipinski definition) is 1. The monoisotopic (exact) mass is 337 g/mol. The fourth-order valence-electron chi connectivity index (χ4n) is 2.37. The van der Waals surface area contributed by atoms with Gasteiger partial charge in [-0.05, 0) is 19.4 Å². The van der Waals surface area contributed by atoms with Crippen LogP contribution >= 0.6 is 0 Å². The number of ether oxygens (including phenoxy) is 1. The summed E-state index contributed by atoms with van der Waals surface area (Å²) >= 11 is 0. The van der Waals surface area contributed by atoms with Crippen molar-refractivity contribution in [2.45, 2.75) is 13.3 Å². The maximum atomic E-state index is 5.43. The number of anilines is 1. The summed E-state index contributed by atoms with van der Waals surface area (Å²) in [4.78, 5) is 17.5. The van der Waals surface area contributed by atoms with E-state index in [4.69, 9.17) is 9.15 Å². The minimum Gasteiger partial charge on any atom is -0.502 e. The maximum Gasteiger partial charge on any atom is 0.223 e. The SMILES string of the molecule is C=COCCCNc1ncc(-c2cnccn2)c(-c2ccoc2C)n1. The van der Waals surface area contributed by atoms with Gasteiger partial charge < -0.3 is 14.5 Å². The molecule has 0 atom stereocenters. The Balaban J connectivity index is 1.89. The first-order valence-electron chi connectivity index (χ1n) is 7.94. The van der Waals surface area contributed by atoms with E-state index in [1.165, 1.54) is 6.26 Å². The third-order valence-electron chi connectivity index (χ3n) is 3.58. The van der Waals surface area contributed by atoms with Crippen molar-refractivity contribution in [2.24, 2.45) is 0 Å². The Bertz CT molecular complexity index is 832. The van der Waals surface area contributed by atoms with Gasteiger partial charge in [-0.1, -0.05) is 6.58 Å². The average molecular weight is 337 g/mol. The van der Waals surface area contributed by atoms with Gasteiger partial charge in [0.05, 0.1) is 36.7 Å². The molecule has 0 spiro atoms. The molecule has 3 rings (SSSR count). The van der Waals surface area contributed by atoms with Gasteiger partial charge in [0.15, 0.2) is 0 Å². The zero-order valence-corrected chi connectivity index (χ0v) is 14.0. The Hall–Kier alpha value is -3.22. The van der Waals surface area contributed by atoms with Crippen molar-refractivity contribution < 1.29 is 9.15 Å². The molecule has 7 nitrogen and oxygen atoms in total. The fraction of sp³-hybridized carbons (Fsp3) is 0.222. The van der Waals surface area contributed by atoms with E-state index in [0.717, 1.165) is 29.0 Å². The molecule has 0 amide bonds. The van der Waals surface area contributed by atoms with Crippen molar-refractivity contribution in [2.75, 3.05) is 18.5 Å². The van der Waals surface area contributed by atoms with E-state index in [1.807, 2.05) is 13.0 Å². The molecule has 0 aliphatic carbocycles. The molecule has 0 aromatic carbocycles. The van der Waals surface area contributed by atoms with Crippen LogP contribution in [0, 0.1) is 6.92 Å². The van der Waals surface area contributed by atoms with E-state index in [-0.39, 0.29) is 0 Å². The zero-order chi connectivity index (χ0) is 17.5. The third kappa shape index (κ3) is 4.00. The zero-order valence-electron chi connectivity index (χ0n) is 14.0. The number of aromatic nitrogens is 4. The first kappa shape index (κ1) is 16.6. The molecule has 1 N–H and O–H groups in total. The van der Waals surface area contributed by atoms with E-state index in [0.29, 0.717) is 24.8 Å². The molecule has 3 heterocycles. The van der Waals surface area contributed by atoms with Crippen LogP contribution in [0.15, 0.2) is 54.4 Å². The molecule has 0 unspecified atom stereocenters. The van der Waals surface area contributed by atoms with E-state index in [2.05, 4.69) is 31.8 Å². The summed E-state index contributed by atoms with van der Waals surface area (Å²) in [5.74, 6) is 1.33. The van der Waals surface area contributed by atoms with Gasteiger partial charge in [-0.25, -0.2) is 9.97 Å². The highest BCUT2D eigenvalue weighted by molar-refractivity contribution is 5.79. The quantitative estimate of drug-likeness (QED) is 0.497. The van der Waals surface area contributed by atoms with Gasteiger partial charge in [0.1, 0.15) is 5.76 Å². The van der Waals surface area contributed by atoms with Crippen molar-refractivity contribution in [3.05, 3.63) is 55.7 Å². The van der Waals surface area contributed by atoms with Gasteiger partial charge in [-0.15, -0.1) is 0 Å². The van der Waals surface area contributed by atoms with Gasteiger partial charge in [0.2, 0.25) is 5.95 Å². The van der Waals surface area contributed by atoms with Crippen LogP contribution < -0.4 is 5.32 Å². The van der Waals surface area contributed by atoms with Gasteiger partial charge in [-0.3, -0.25) is 9.97 Å². The number of nitrogens with zero attached hydrogens (tertiary/aromatic N) is 4. The molecule has 0 aliphatic heterocycles. The minimum atomic E-state index is 0.543. The van der Waals surface area contributed by atoms with Crippen molar-refractivity contribution in [1.29, 1.82) is 0 Å². The number of rotatable bonds is 8. The molecule has 0 aliphatic rings. The molecule has 0 fully saturated rings. The Morgan fingerprint density at radius 3 is 2.88 bits per heavy atom. The predicted octanol–water partition coefficient (Wildman–Crippen LogP) is 3.46. The Morgan fingerprint density at radius 1 is 1.24 bits per heavy atom. The minimum absolute atomic E-state index is 0.543. The lowest BCUT2D eigenvalue weighted by atomic mass is 10.1. The third-order valence-corrected chi connectivity index (χ3v) is 3.58. The summed E-state index contributed by atoms with van der Waals surface area (Å²) in [6.45, 7) is 6.71. The van der Waals surface area contributed by atoms with Crippen LogP contribution in [0.1, 0.15) is 12.2 Å². The van der Waals surface area contributed by atoms with Crippen LogP contribution in [0.2, 0.25) is 0 Å². The van der Waals surface area contributed by atoms with Gasteiger partial charge in [0, 0.05) is 36.3 Å². The predicted molar refractivity (Wildman–Crippen MR) is 94.8 cm³/mol. The molecular formula is C18H19N5O2. The normalized spacial score (nSPS) is 10.4. The molecule has 0 radical (unpaired) electrons. The number of hydrogen-bond acceptors (Lipinski definition) is 7. The molecule has 128 valence electrons. The highest BCUT2D eigenvalue weighted by Gasteiger charge is 2.16. The topological polar surface area (TPSA) is 86.0 Å². The fourth-order valence-corrected chi connectivity index (χ4v) is 2.37. The smallest absolute Gasteiger partial charge is 0.223 e. The highest BCUT2D eigenvalue weighted by atomic mass is 16.5. The lowest BCUT2D eigenvalue weighted by molar-refractivity contribution is 0.249. The maximum absolute atomic E-state index is 5.43. The van der Waals surface area contributed by atoms with Crippen LogP contribution in [0.25, 0.3) is 22.5 Å². The average Bonchev–Trinajstić information content (AvgIpc) is 3.08. The summed E-state index contributed by atoms with van der Waals surface area (Å²) in [5, 5.41) is 3.20. The largest absolute Gasteiger partial charge is 0.502 e. The lowest BCUT2D eigenvalue weighted by Crippen LogP contribution is -2.08. The summed E-state index contributed by atoms with van der Waals surface area (Å²) in [6, 6.07) is 1.89. The molecular weight excluding hydrogens is 318 g/mol. The van der Waals surface area contributed by atoms with E-state index in [9.17, 15) is 0 Å². The first-order chi connectivity index (χ1) is 12.3. The first-order valence-corrected chi connectivity index (χ1v) is 7.94. The van der Waals surface area contributed by atoms with E-state index < -0.39 is 0 Å². The Labute approximate surface area is 145 Å². The van der Waals surface area contributed by atoms with Gasteiger partial charge in [-0.2, -0.15) is 0 Å². The second kappa shape index (κ2) is 8.05. The number of aryl methyl sites for hydroxylation is 1. The standard InChI is InChI=1S/C18H19N5O2/c1-3-24-9-4-6-21-18-22-11-15(16-12-19-7-8-20-16)17(23-18)14-5-10-25-13(14)2/h3,5,7-8,10-12H,1,4,6,9H2,2H3,(H,21,22,23). The summed E-state index contributed by atoms with van der Waals surface area (Å²) in [5.41, 5.74) is 3.18. The summed E-state index contributed by atoms with van der Waals surface area (Å²) in [7, 11) is 0. The van der Waals surface area contributed by atoms with Crippen molar-refractivity contribution >= 4 is 5.95 Å². The van der Waals surface area contributed by atoms with Crippen LogP contribution in [0.3, 0.4) is 0 Å². The molecule has 3 aromatic rings. The van der Waals surface area contributed by atoms with Crippen LogP contribution in [0.5, 0.6) is 0 Å². The molecule has 0 bridgehead atoms. The van der Waals surface area contributed by atoms with Gasteiger partial charge >= 0.3 is 0 Å². The molecule has 0 saturated carbocycles. The van der Waals surface area contributed by atoms with Crippen LogP contribution in [-0.2, 0) is 4.74 Å². The second-order valence-electron chi connectivity index (χ2n) is 5.25. The lowest BCUT2D eigenvalue weighted by Gasteiger charge is -2.10. The van der Waals surface area contributed by atoms with Crippen LogP contribution in [0.4, 0.5) is 5.95 Å². The molecule has 7 heteroatoms. The van der Waals surface area contributed by atoms with Crippen molar-refractivity contribution in [3.63, 3.8) is 0 Å². The number of nitrogens with one attached hydrogen (secondary N) is 1. The van der Waals surface area contributed by atoms with Crippen LogP contribution in [-0.4, -0.2) is 33.1 Å². The summed E-state index contributed by atoms with van der Waals surface area (Å²) < 4.78 is 10.5. The van der Waals surface area contributed by atoms with E-state index >= 15 is 0 Å². The molecule has 0 saturated heterocycles. The van der Waals surface area contributed by atoms with Gasteiger partial charge in [0.25, 0.3) is 0 Å². The van der Waals surface area contributed by atoms with Crippen molar-refractivity contribution in [3.8, 4) is 22.5 Å². The Kier molecular flexibility index (Phi) is 5.36. The summed E-state index contributed by atoms with van der Waals surface area (Å²) in [6.07, 6.45) is 10.6. The van der Waals surface area contributed by atoms with Crippen molar-refractivity contribution in [1.82, 2.24) is 19.9 Å². The van der Waals surface area contributed by atoms with E-state index in [1.54, 1.807) is 31.1 Å². The Morgan fingerprint density at radius 2 is 2.16 bits per heavy atom. The second-order valence-corrected chi connectivity index (χ2v) is 5.25. The molecule has 25 heavy (non-hydrogen) atoms.